The number of hydrogen-bond acceptors (Lipinski definition) is 6. The Morgan fingerprint density at radius 2 is 1.91 bits per heavy atom. The van der Waals surface area contributed by atoms with Gasteiger partial charge < -0.3 is 10.1 Å². The summed E-state index contributed by atoms with van der Waals surface area (Å²) >= 11 is 7.73. The van der Waals surface area contributed by atoms with E-state index in [1.54, 1.807) is 36.4 Å². The molecule has 8 heteroatoms. The molecule has 1 aromatic heterocycles. The van der Waals surface area contributed by atoms with Crippen LogP contribution in [0.2, 0.25) is 5.02 Å². The standard InChI is InChI=1S/C27H23ClN4O2S/c1-3-14-34-25-13-6-19(15-23(25)28)16-29-32-26(33)21-9-7-20(8-10-21)24-17-35-27(31-24)30-22-11-4-18(2)5-12-22/h3-13,15-17H,1,14H2,2H3,(H,30,31)(H,32,33)/b29-16-. The van der Waals surface area contributed by atoms with Crippen LogP contribution in [-0.4, -0.2) is 23.7 Å². The molecule has 4 rings (SSSR count). The first-order valence-corrected chi connectivity index (χ1v) is 12.0. The highest BCUT2D eigenvalue weighted by Gasteiger charge is 2.08. The molecular formula is C27H23ClN4O2S. The molecule has 0 spiro atoms. The molecule has 1 heterocycles. The molecule has 0 fully saturated rings. The van der Waals surface area contributed by atoms with Gasteiger partial charge in [0, 0.05) is 22.2 Å². The van der Waals surface area contributed by atoms with Gasteiger partial charge in [-0.15, -0.1) is 11.3 Å². The normalized spacial score (nSPS) is 10.8. The third-order valence-electron chi connectivity index (χ3n) is 4.94. The number of nitrogens with zero attached hydrogens (tertiary/aromatic N) is 2. The summed E-state index contributed by atoms with van der Waals surface area (Å²) in [6, 6.07) is 20.6. The Kier molecular flexibility index (Phi) is 7.92. The van der Waals surface area contributed by atoms with Gasteiger partial charge in [0.2, 0.25) is 0 Å². The molecule has 6 nitrogen and oxygen atoms in total. The minimum absolute atomic E-state index is 0.315. The Morgan fingerprint density at radius 3 is 2.63 bits per heavy atom. The lowest BCUT2D eigenvalue weighted by atomic mass is 10.1. The number of aromatic nitrogens is 1. The van der Waals surface area contributed by atoms with Crippen molar-refractivity contribution in [3.05, 3.63) is 106 Å². The molecule has 0 aliphatic rings. The van der Waals surface area contributed by atoms with Gasteiger partial charge in [0.15, 0.2) is 5.13 Å². The number of rotatable bonds is 9. The predicted molar refractivity (Wildman–Crippen MR) is 144 cm³/mol. The van der Waals surface area contributed by atoms with Gasteiger partial charge in [-0.3, -0.25) is 4.79 Å². The molecule has 4 aromatic rings. The topological polar surface area (TPSA) is 75.6 Å². The maximum absolute atomic E-state index is 12.4. The minimum Gasteiger partial charge on any atom is -0.488 e. The van der Waals surface area contributed by atoms with E-state index in [2.05, 4.69) is 46.5 Å². The van der Waals surface area contributed by atoms with E-state index in [1.165, 1.54) is 23.1 Å². The highest BCUT2D eigenvalue weighted by Crippen LogP contribution is 2.28. The van der Waals surface area contributed by atoms with Crippen molar-refractivity contribution in [2.45, 2.75) is 6.92 Å². The van der Waals surface area contributed by atoms with Crippen LogP contribution < -0.4 is 15.5 Å². The zero-order valence-electron chi connectivity index (χ0n) is 19.0. The van der Waals surface area contributed by atoms with Gasteiger partial charge in [0.05, 0.1) is 16.9 Å². The monoisotopic (exact) mass is 502 g/mol. The third-order valence-corrected chi connectivity index (χ3v) is 6.00. The van der Waals surface area contributed by atoms with Gasteiger partial charge in [0.1, 0.15) is 12.4 Å². The highest BCUT2D eigenvalue weighted by molar-refractivity contribution is 7.14. The first-order valence-electron chi connectivity index (χ1n) is 10.8. The largest absolute Gasteiger partial charge is 0.488 e. The number of hydrogen-bond donors (Lipinski definition) is 2. The van der Waals surface area contributed by atoms with E-state index in [4.69, 9.17) is 16.3 Å². The summed E-state index contributed by atoms with van der Waals surface area (Å²) in [6.07, 6.45) is 3.17. The number of anilines is 2. The lowest BCUT2D eigenvalue weighted by Crippen LogP contribution is -2.17. The smallest absolute Gasteiger partial charge is 0.271 e. The fourth-order valence-corrected chi connectivity index (χ4v) is 4.09. The van der Waals surface area contributed by atoms with Crippen molar-refractivity contribution in [1.29, 1.82) is 0 Å². The summed E-state index contributed by atoms with van der Waals surface area (Å²) in [5.41, 5.74) is 7.71. The predicted octanol–water partition coefficient (Wildman–Crippen LogP) is 6.84. The molecule has 0 aliphatic carbocycles. The first kappa shape index (κ1) is 24.2. The molecule has 0 radical (unpaired) electrons. The molecule has 0 bridgehead atoms. The van der Waals surface area contributed by atoms with E-state index in [-0.39, 0.29) is 5.91 Å². The van der Waals surface area contributed by atoms with Crippen LogP contribution in [-0.2, 0) is 0 Å². The van der Waals surface area contributed by atoms with Crippen LogP contribution in [0.1, 0.15) is 21.5 Å². The molecule has 2 N–H and O–H groups in total. The fourth-order valence-electron chi connectivity index (χ4n) is 3.11. The van der Waals surface area contributed by atoms with Crippen molar-refractivity contribution in [2.75, 3.05) is 11.9 Å². The minimum atomic E-state index is -0.315. The molecule has 1 amide bonds. The molecule has 3 aromatic carbocycles. The lowest BCUT2D eigenvalue weighted by Gasteiger charge is -2.06. The van der Waals surface area contributed by atoms with Crippen molar-refractivity contribution < 1.29 is 9.53 Å². The van der Waals surface area contributed by atoms with Crippen LogP contribution in [0.3, 0.4) is 0 Å². The van der Waals surface area contributed by atoms with Crippen molar-refractivity contribution in [3.63, 3.8) is 0 Å². The van der Waals surface area contributed by atoms with Gasteiger partial charge >= 0.3 is 0 Å². The Hall–Kier alpha value is -3.94. The second-order valence-electron chi connectivity index (χ2n) is 7.59. The second-order valence-corrected chi connectivity index (χ2v) is 8.86. The van der Waals surface area contributed by atoms with E-state index in [9.17, 15) is 4.79 Å². The number of ether oxygens (including phenoxy) is 1. The SMILES string of the molecule is C=CCOc1ccc(/C=N\NC(=O)c2ccc(-c3csc(Nc4ccc(C)cc4)n3)cc2)cc1Cl. The number of carbonyl (C=O) groups is 1. The summed E-state index contributed by atoms with van der Waals surface area (Å²) < 4.78 is 5.44. The van der Waals surface area contributed by atoms with Crippen LogP contribution in [0.25, 0.3) is 11.3 Å². The number of halogens is 1. The van der Waals surface area contributed by atoms with Crippen molar-refractivity contribution in [1.82, 2.24) is 10.4 Å². The number of aryl methyl sites for hydroxylation is 1. The Balaban J connectivity index is 1.34. The maximum Gasteiger partial charge on any atom is 0.271 e. The molecule has 0 unspecified atom stereocenters. The second kappa shape index (κ2) is 11.5. The number of amides is 1. The lowest BCUT2D eigenvalue weighted by molar-refractivity contribution is 0.0955. The Bertz CT molecular complexity index is 1350. The van der Waals surface area contributed by atoms with Crippen LogP contribution >= 0.6 is 22.9 Å². The van der Waals surface area contributed by atoms with Crippen LogP contribution in [0.15, 0.2) is 89.9 Å². The molecule has 176 valence electrons. The first-order chi connectivity index (χ1) is 17.0. The van der Waals surface area contributed by atoms with Crippen LogP contribution in [0.5, 0.6) is 5.75 Å². The number of benzene rings is 3. The molecular weight excluding hydrogens is 480 g/mol. The van der Waals surface area contributed by atoms with E-state index < -0.39 is 0 Å². The molecule has 35 heavy (non-hydrogen) atoms. The Labute approximate surface area is 213 Å². The third kappa shape index (κ3) is 6.56. The van der Waals surface area contributed by atoms with E-state index in [0.717, 1.165) is 27.6 Å². The molecule has 0 atom stereocenters. The van der Waals surface area contributed by atoms with E-state index in [1.807, 2.05) is 29.6 Å². The van der Waals surface area contributed by atoms with Gasteiger partial charge in [-0.05, 0) is 55.0 Å². The average Bonchev–Trinajstić information content (AvgIpc) is 3.33. The van der Waals surface area contributed by atoms with Crippen LogP contribution in [0.4, 0.5) is 10.8 Å². The zero-order valence-corrected chi connectivity index (χ0v) is 20.6. The summed E-state index contributed by atoms with van der Waals surface area (Å²) in [7, 11) is 0. The number of nitrogens with one attached hydrogen (secondary N) is 2. The van der Waals surface area contributed by atoms with Gasteiger partial charge in [-0.25, -0.2) is 10.4 Å². The van der Waals surface area contributed by atoms with Crippen LogP contribution in [0, 0.1) is 6.92 Å². The molecule has 0 aliphatic heterocycles. The van der Waals surface area contributed by atoms with E-state index >= 15 is 0 Å². The summed E-state index contributed by atoms with van der Waals surface area (Å²) in [5.74, 6) is 0.246. The Morgan fingerprint density at radius 1 is 1.14 bits per heavy atom. The zero-order chi connectivity index (χ0) is 24.6. The van der Waals surface area contributed by atoms with Crippen molar-refractivity contribution >= 4 is 45.9 Å². The quantitative estimate of drug-likeness (QED) is 0.149. The summed E-state index contributed by atoms with van der Waals surface area (Å²) in [6.45, 7) is 6.03. The number of hydrazone groups is 1. The average molecular weight is 503 g/mol. The highest BCUT2D eigenvalue weighted by atomic mass is 35.5. The summed E-state index contributed by atoms with van der Waals surface area (Å²) in [5, 5.41) is 10.6. The van der Waals surface area contributed by atoms with E-state index in [0.29, 0.717) is 22.9 Å². The van der Waals surface area contributed by atoms with Crippen molar-refractivity contribution in [3.8, 4) is 17.0 Å². The van der Waals surface area contributed by atoms with Gasteiger partial charge in [-0.2, -0.15) is 5.10 Å². The van der Waals surface area contributed by atoms with Gasteiger partial charge in [0.25, 0.3) is 5.91 Å². The number of carbonyl (C=O) groups excluding carboxylic acids is 1. The number of thiazole rings is 1. The fraction of sp³-hybridized carbons (Fsp3) is 0.0741. The maximum atomic E-state index is 12.4. The molecule has 0 saturated carbocycles. The van der Waals surface area contributed by atoms with Crippen molar-refractivity contribution in [2.24, 2.45) is 5.10 Å². The molecule has 0 saturated heterocycles. The van der Waals surface area contributed by atoms with Gasteiger partial charge in [-0.1, -0.05) is 54.1 Å². The summed E-state index contributed by atoms with van der Waals surface area (Å²) in [4.78, 5) is 17.1.